The van der Waals surface area contributed by atoms with Gasteiger partial charge in [0.1, 0.15) is 5.69 Å². The summed E-state index contributed by atoms with van der Waals surface area (Å²) in [6.07, 6.45) is 2.64. The van der Waals surface area contributed by atoms with Gasteiger partial charge in [-0.05, 0) is 19.3 Å². The first-order valence-corrected chi connectivity index (χ1v) is 5.56. The lowest BCUT2D eigenvalue weighted by molar-refractivity contribution is 0.0948. The second-order valence-corrected chi connectivity index (χ2v) is 3.63. The van der Waals surface area contributed by atoms with Crippen molar-refractivity contribution in [3.63, 3.8) is 0 Å². The molecule has 0 aliphatic carbocycles. The van der Waals surface area contributed by atoms with E-state index < -0.39 is 0 Å². The van der Waals surface area contributed by atoms with Crippen LogP contribution in [0.2, 0.25) is 0 Å². The third kappa shape index (κ3) is 3.85. The first-order chi connectivity index (χ1) is 6.84. The fourth-order valence-corrected chi connectivity index (χ4v) is 1.56. The van der Waals surface area contributed by atoms with Crippen LogP contribution in [0.15, 0.2) is 10.9 Å². The summed E-state index contributed by atoms with van der Waals surface area (Å²) in [6, 6.07) is 0. The molecule has 0 bridgehead atoms. The number of nitrogens with one attached hydrogen (secondary N) is 1. The van der Waals surface area contributed by atoms with Crippen LogP contribution in [0, 0.1) is 0 Å². The van der Waals surface area contributed by atoms with Gasteiger partial charge >= 0.3 is 0 Å². The molecule has 0 atom stereocenters. The molecule has 0 spiro atoms. The van der Waals surface area contributed by atoms with Crippen molar-refractivity contribution >= 4 is 17.2 Å². The van der Waals surface area contributed by atoms with Crippen molar-refractivity contribution in [3.8, 4) is 0 Å². The van der Waals surface area contributed by atoms with Crippen molar-refractivity contribution in [2.24, 2.45) is 0 Å². The molecule has 1 amide bonds. The SMILES string of the molecule is O=C(NCCCCCO)c1cscn1. The van der Waals surface area contributed by atoms with Gasteiger partial charge in [0, 0.05) is 18.5 Å². The van der Waals surface area contributed by atoms with E-state index in [1.165, 1.54) is 11.3 Å². The van der Waals surface area contributed by atoms with E-state index >= 15 is 0 Å². The van der Waals surface area contributed by atoms with Crippen LogP contribution >= 0.6 is 11.3 Å². The number of hydrogen-bond donors (Lipinski definition) is 2. The number of amides is 1. The van der Waals surface area contributed by atoms with Crippen LogP contribution in [0.25, 0.3) is 0 Å². The van der Waals surface area contributed by atoms with Gasteiger partial charge in [0.15, 0.2) is 0 Å². The summed E-state index contributed by atoms with van der Waals surface area (Å²) in [5.41, 5.74) is 2.12. The Balaban J connectivity index is 2.10. The van der Waals surface area contributed by atoms with Gasteiger partial charge in [-0.1, -0.05) is 0 Å². The standard InChI is InChI=1S/C9H14N2O2S/c12-5-3-1-2-4-10-9(13)8-6-14-7-11-8/h6-7,12H,1-5H2,(H,10,13). The number of hydrogen-bond acceptors (Lipinski definition) is 4. The molecule has 4 nitrogen and oxygen atoms in total. The van der Waals surface area contributed by atoms with Crippen LogP contribution in [-0.2, 0) is 0 Å². The predicted octanol–water partition coefficient (Wildman–Crippen LogP) is 1.04. The van der Waals surface area contributed by atoms with Gasteiger partial charge in [0.05, 0.1) is 5.51 Å². The highest BCUT2D eigenvalue weighted by atomic mass is 32.1. The average Bonchev–Trinajstić information content (AvgIpc) is 2.70. The van der Waals surface area contributed by atoms with Crippen LogP contribution in [0.4, 0.5) is 0 Å². The molecule has 0 radical (unpaired) electrons. The maximum atomic E-state index is 11.3. The first-order valence-electron chi connectivity index (χ1n) is 4.62. The molecule has 14 heavy (non-hydrogen) atoms. The zero-order valence-corrected chi connectivity index (χ0v) is 8.72. The normalized spacial score (nSPS) is 10.1. The van der Waals surface area contributed by atoms with Gasteiger partial charge < -0.3 is 10.4 Å². The predicted molar refractivity (Wildman–Crippen MR) is 55.4 cm³/mol. The first kappa shape index (κ1) is 11.1. The van der Waals surface area contributed by atoms with Crippen molar-refractivity contribution in [1.29, 1.82) is 0 Å². The van der Waals surface area contributed by atoms with E-state index in [1.54, 1.807) is 10.9 Å². The highest BCUT2D eigenvalue weighted by Crippen LogP contribution is 2.00. The van der Waals surface area contributed by atoms with E-state index in [-0.39, 0.29) is 12.5 Å². The van der Waals surface area contributed by atoms with E-state index in [0.717, 1.165) is 19.3 Å². The van der Waals surface area contributed by atoms with Gasteiger partial charge in [0.2, 0.25) is 0 Å². The Morgan fingerprint density at radius 2 is 2.36 bits per heavy atom. The summed E-state index contributed by atoms with van der Waals surface area (Å²) < 4.78 is 0. The molecule has 2 N–H and O–H groups in total. The minimum Gasteiger partial charge on any atom is -0.396 e. The van der Waals surface area contributed by atoms with Crippen molar-refractivity contribution in [2.45, 2.75) is 19.3 Å². The molecule has 0 aliphatic heterocycles. The van der Waals surface area contributed by atoms with Gasteiger partial charge in [-0.3, -0.25) is 4.79 Å². The number of nitrogens with zero attached hydrogens (tertiary/aromatic N) is 1. The highest BCUT2D eigenvalue weighted by Gasteiger charge is 2.05. The third-order valence-electron chi connectivity index (χ3n) is 1.79. The number of carbonyl (C=O) groups is 1. The highest BCUT2D eigenvalue weighted by molar-refractivity contribution is 7.07. The molecule has 5 heteroatoms. The summed E-state index contributed by atoms with van der Waals surface area (Å²) in [5.74, 6) is -0.116. The van der Waals surface area contributed by atoms with Crippen molar-refractivity contribution in [2.75, 3.05) is 13.2 Å². The molecule has 0 unspecified atom stereocenters. The molecule has 0 saturated heterocycles. The van der Waals surface area contributed by atoms with Gasteiger partial charge in [-0.2, -0.15) is 0 Å². The Morgan fingerprint density at radius 3 is 3.00 bits per heavy atom. The summed E-state index contributed by atoms with van der Waals surface area (Å²) in [5, 5.41) is 13.0. The molecule has 1 aromatic rings. The maximum absolute atomic E-state index is 11.3. The largest absolute Gasteiger partial charge is 0.396 e. The lowest BCUT2D eigenvalue weighted by Crippen LogP contribution is -2.24. The van der Waals surface area contributed by atoms with E-state index in [1.807, 2.05) is 0 Å². The topological polar surface area (TPSA) is 62.2 Å². The average molecular weight is 214 g/mol. The molecule has 1 rings (SSSR count). The summed E-state index contributed by atoms with van der Waals surface area (Å²) in [4.78, 5) is 15.2. The smallest absolute Gasteiger partial charge is 0.270 e. The zero-order chi connectivity index (χ0) is 10.2. The molecule has 1 aromatic heterocycles. The Hall–Kier alpha value is -0.940. The lowest BCUT2D eigenvalue weighted by atomic mass is 10.2. The van der Waals surface area contributed by atoms with Crippen molar-refractivity contribution < 1.29 is 9.90 Å². The summed E-state index contributed by atoms with van der Waals surface area (Å²) in [6.45, 7) is 0.871. The van der Waals surface area contributed by atoms with E-state index in [9.17, 15) is 4.79 Å². The Bertz CT molecular complexity index is 262. The molecule has 78 valence electrons. The monoisotopic (exact) mass is 214 g/mol. The molecule has 0 aromatic carbocycles. The zero-order valence-electron chi connectivity index (χ0n) is 7.90. The van der Waals surface area contributed by atoms with E-state index in [4.69, 9.17) is 5.11 Å². The quantitative estimate of drug-likeness (QED) is 0.695. The molecule has 0 saturated carbocycles. The second-order valence-electron chi connectivity index (χ2n) is 2.91. The Kier molecular flexibility index (Phi) is 5.17. The minimum atomic E-state index is -0.116. The van der Waals surface area contributed by atoms with Crippen LogP contribution in [0.3, 0.4) is 0 Å². The fourth-order valence-electron chi connectivity index (χ4n) is 1.03. The van der Waals surface area contributed by atoms with Crippen molar-refractivity contribution in [1.82, 2.24) is 10.3 Å². The lowest BCUT2D eigenvalue weighted by Gasteiger charge is -2.01. The minimum absolute atomic E-state index is 0.116. The maximum Gasteiger partial charge on any atom is 0.270 e. The number of aromatic nitrogens is 1. The number of aliphatic hydroxyl groups excluding tert-OH is 1. The fraction of sp³-hybridized carbons (Fsp3) is 0.556. The van der Waals surface area contributed by atoms with Gasteiger partial charge in [-0.25, -0.2) is 4.98 Å². The number of carbonyl (C=O) groups excluding carboxylic acids is 1. The summed E-state index contributed by atoms with van der Waals surface area (Å²) in [7, 11) is 0. The van der Waals surface area contributed by atoms with Crippen LogP contribution in [0.1, 0.15) is 29.8 Å². The van der Waals surface area contributed by atoms with Crippen LogP contribution in [-0.4, -0.2) is 29.1 Å². The molecular weight excluding hydrogens is 200 g/mol. The number of thiazole rings is 1. The van der Waals surface area contributed by atoms with Crippen LogP contribution in [0.5, 0.6) is 0 Å². The third-order valence-corrected chi connectivity index (χ3v) is 2.37. The molecular formula is C9H14N2O2S. The van der Waals surface area contributed by atoms with Crippen LogP contribution < -0.4 is 5.32 Å². The number of aliphatic hydroxyl groups is 1. The molecule has 0 fully saturated rings. The van der Waals surface area contributed by atoms with E-state index in [2.05, 4.69) is 10.3 Å². The second kappa shape index (κ2) is 6.50. The van der Waals surface area contributed by atoms with Gasteiger partial charge in [-0.15, -0.1) is 11.3 Å². The van der Waals surface area contributed by atoms with Crippen molar-refractivity contribution in [3.05, 3.63) is 16.6 Å². The summed E-state index contributed by atoms with van der Waals surface area (Å²) >= 11 is 1.41. The molecule has 0 aliphatic rings. The Labute approximate surface area is 87.0 Å². The number of rotatable bonds is 6. The van der Waals surface area contributed by atoms with Gasteiger partial charge in [0.25, 0.3) is 5.91 Å². The molecule has 1 heterocycles. The van der Waals surface area contributed by atoms with E-state index in [0.29, 0.717) is 12.2 Å². The number of unbranched alkanes of at least 4 members (excludes halogenated alkanes) is 2. The Morgan fingerprint density at radius 1 is 1.50 bits per heavy atom.